The standard InChI is InChI=1S/C17H19BrF2N2O2/c1-22(2)6-5-21-9-11-14(23)7-10(8-15(11)24)16-12(18)3-4-13(19)17(16)20/h3-4,9-10,23H,5-8H2,1-2H3. The van der Waals surface area contributed by atoms with Crippen LogP contribution in [0.2, 0.25) is 0 Å². The second kappa shape index (κ2) is 7.98. The minimum atomic E-state index is -0.988. The largest absolute Gasteiger partial charge is 0.511 e. The Morgan fingerprint density at radius 2 is 2.08 bits per heavy atom. The lowest BCUT2D eigenvalue weighted by atomic mass is 9.82. The molecule has 0 heterocycles. The highest BCUT2D eigenvalue weighted by molar-refractivity contribution is 9.10. The van der Waals surface area contributed by atoms with Gasteiger partial charge in [-0.15, -0.1) is 0 Å². The van der Waals surface area contributed by atoms with Crippen LogP contribution in [0, 0.1) is 11.6 Å². The third-order valence-electron chi connectivity index (χ3n) is 3.87. The van der Waals surface area contributed by atoms with Gasteiger partial charge in [-0.05, 0) is 26.2 Å². The first kappa shape index (κ1) is 18.7. The Labute approximate surface area is 148 Å². The van der Waals surface area contributed by atoms with Gasteiger partial charge in [0, 0.05) is 41.6 Å². The highest BCUT2D eigenvalue weighted by atomic mass is 79.9. The molecule has 0 radical (unpaired) electrons. The Morgan fingerprint density at radius 1 is 1.38 bits per heavy atom. The lowest BCUT2D eigenvalue weighted by Gasteiger charge is -2.23. The maximum atomic E-state index is 14.1. The summed E-state index contributed by atoms with van der Waals surface area (Å²) < 4.78 is 27.9. The van der Waals surface area contributed by atoms with Gasteiger partial charge in [0.05, 0.1) is 12.1 Å². The third-order valence-corrected chi connectivity index (χ3v) is 4.56. The maximum absolute atomic E-state index is 14.1. The highest BCUT2D eigenvalue weighted by Gasteiger charge is 2.31. The number of halogens is 3. The SMILES string of the molecule is CN(C)CCN=CC1=C(O)CC(c2c(Br)ccc(F)c2F)CC1=O. The average Bonchev–Trinajstić information content (AvgIpc) is 2.49. The van der Waals surface area contributed by atoms with Crippen molar-refractivity contribution in [3.63, 3.8) is 0 Å². The van der Waals surface area contributed by atoms with E-state index < -0.39 is 17.6 Å². The van der Waals surface area contributed by atoms with Crippen molar-refractivity contribution in [2.24, 2.45) is 4.99 Å². The first-order chi connectivity index (χ1) is 11.3. The van der Waals surface area contributed by atoms with Crippen LogP contribution in [0.3, 0.4) is 0 Å². The Kier molecular flexibility index (Phi) is 6.23. The molecule has 0 aliphatic heterocycles. The summed E-state index contributed by atoms with van der Waals surface area (Å²) in [5, 5.41) is 10.2. The monoisotopic (exact) mass is 400 g/mol. The quantitative estimate of drug-likeness (QED) is 0.606. The number of benzene rings is 1. The van der Waals surface area contributed by atoms with Crippen molar-refractivity contribution in [3.8, 4) is 0 Å². The van der Waals surface area contributed by atoms with Gasteiger partial charge in [-0.3, -0.25) is 9.79 Å². The lowest BCUT2D eigenvalue weighted by Crippen LogP contribution is -2.21. The third kappa shape index (κ3) is 4.27. The summed E-state index contributed by atoms with van der Waals surface area (Å²) in [5.74, 6) is -3.03. The summed E-state index contributed by atoms with van der Waals surface area (Å²) in [6, 6.07) is 2.42. The first-order valence-electron chi connectivity index (χ1n) is 7.54. The van der Waals surface area contributed by atoms with Crippen molar-refractivity contribution >= 4 is 27.9 Å². The predicted octanol–water partition coefficient (Wildman–Crippen LogP) is 3.62. The van der Waals surface area contributed by atoms with Gasteiger partial charge in [0.15, 0.2) is 17.4 Å². The lowest BCUT2D eigenvalue weighted by molar-refractivity contribution is -0.116. The Hall–Kier alpha value is -1.60. The van der Waals surface area contributed by atoms with Gasteiger partial charge in [-0.25, -0.2) is 8.78 Å². The molecule has 1 unspecified atom stereocenters. The molecule has 2 rings (SSSR count). The van der Waals surface area contributed by atoms with Crippen molar-refractivity contribution in [1.29, 1.82) is 0 Å². The first-order valence-corrected chi connectivity index (χ1v) is 8.33. The Balaban J connectivity index is 2.21. The fourth-order valence-corrected chi connectivity index (χ4v) is 3.22. The highest BCUT2D eigenvalue weighted by Crippen LogP contribution is 2.38. The molecule has 1 aliphatic rings. The van der Waals surface area contributed by atoms with Gasteiger partial charge in [0.25, 0.3) is 0 Å². The molecule has 1 atom stereocenters. The number of likely N-dealkylation sites (N-methyl/N-ethyl adjacent to an activating group) is 1. The molecule has 1 aliphatic carbocycles. The van der Waals surface area contributed by atoms with Gasteiger partial charge < -0.3 is 10.0 Å². The topological polar surface area (TPSA) is 52.9 Å². The minimum absolute atomic E-state index is 0.00192. The Bertz CT molecular complexity index is 702. The summed E-state index contributed by atoms with van der Waals surface area (Å²) >= 11 is 3.19. The van der Waals surface area contributed by atoms with Crippen molar-refractivity contribution < 1.29 is 18.7 Å². The van der Waals surface area contributed by atoms with E-state index in [0.29, 0.717) is 11.0 Å². The number of carbonyl (C=O) groups is 1. The molecule has 1 aromatic carbocycles. The molecular weight excluding hydrogens is 382 g/mol. The van der Waals surface area contributed by atoms with E-state index in [-0.39, 0.29) is 35.5 Å². The molecule has 0 amide bonds. The second-order valence-electron chi connectivity index (χ2n) is 5.98. The van der Waals surface area contributed by atoms with Gasteiger partial charge in [-0.2, -0.15) is 0 Å². The van der Waals surface area contributed by atoms with E-state index in [0.717, 1.165) is 12.6 Å². The number of carbonyl (C=O) groups excluding carboxylic acids is 1. The summed E-state index contributed by atoms with van der Waals surface area (Å²) in [5.41, 5.74) is 0.233. The van der Waals surface area contributed by atoms with Gasteiger partial charge >= 0.3 is 0 Å². The van der Waals surface area contributed by atoms with E-state index >= 15 is 0 Å². The molecular formula is C17H19BrF2N2O2. The molecule has 7 heteroatoms. The number of rotatable bonds is 5. The van der Waals surface area contributed by atoms with Crippen LogP contribution < -0.4 is 0 Å². The van der Waals surface area contributed by atoms with Gasteiger partial charge in [0.1, 0.15) is 5.76 Å². The molecule has 0 aromatic heterocycles. The molecule has 0 saturated carbocycles. The van der Waals surface area contributed by atoms with Crippen LogP contribution in [0.1, 0.15) is 24.3 Å². The fraction of sp³-hybridized carbons (Fsp3) is 0.412. The summed E-state index contributed by atoms with van der Waals surface area (Å²) in [4.78, 5) is 18.4. The van der Waals surface area contributed by atoms with Crippen molar-refractivity contribution in [2.45, 2.75) is 18.8 Å². The molecule has 0 spiro atoms. The summed E-state index contributed by atoms with van der Waals surface area (Å²) in [7, 11) is 3.82. The molecule has 0 bridgehead atoms. The number of nitrogens with zero attached hydrogens (tertiary/aromatic N) is 2. The molecule has 24 heavy (non-hydrogen) atoms. The maximum Gasteiger partial charge on any atom is 0.168 e. The number of allylic oxidation sites excluding steroid dienone is 2. The van der Waals surface area contributed by atoms with E-state index in [1.54, 1.807) is 0 Å². The van der Waals surface area contributed by atoms with Crippen molar-refractivity contribution in [3.05, 3.63) is 45.1 Å². The molecule has 0 saturated heterocycles. The number of aliphatic hydroxyl groups is 1. The fourth-order valence-electron chi connectivity index (χ4n) is 2.59. The van der Waals surface area contributed by atoms with E-state index in [9.17, 15) is 18.7 Å². The number of hydrogen-bond acceptors (Lipinski definition) is 4. The van der Waals surface area contributed by atoms with Crippen LogP contribution in [0.5, 0.6) is 0 Å². The van der Waals surface area contributed by atoms with E-state index in [4.69, 9.17) is 0 Å². The number of aliphatic hydroxyl groups excluding tert-OH is 1. The van der Waals surface area contributed by atoms with Crippen molar-refractivity contribution in [2.75, 3.05) is 27.2 Å². The smallest absolute Gasteiger partial charge is 0.168 e. The number of aliphatic imine (C=N–C) groups is 1. The van der Waals surface area contributed by atoms with E-state index in [1.165, 1.54) is 12.3 Å². The molecule has 0 fully saturated rings. The van der Waals surface area contributed by atoms with Crippen LogP contribution in [0.15, 0.2) is 32.9 Å². The zero-order valence-electron chi connectivity index (χ0n) is 13.5. The average molecular weight is 401 g/mol. The number of ketones is 1. The van der Waals surface area contributed by atoms with Gasteiger partial charge in [0.2, 0.25) is 0 Å². The van der Waals surface area contributed by atoms with Crippen LogP contribution in [0.25, 0.3) is 0 Å². The van der Waals surface area contributed by atoms with Crippen LogP contribution >= 0.6 is 15.9 Å². The van der Waals surface area contributed by atoms with E-state index in [2.05, 4.69) is 20.9 Å². The molecule has 1 N–H and O–H groups in total. The van der Waals surface area contributed by atoms with E-state index in [1.807, 2.05) is 19.0 Å². The Morgan fingerprint density at radius 3 is 2.71 bits per heavy atom. The number of hydrogen-bond donors (Lipinski definition) is 1. The normalized spacial score (nSPS) is 18.9. The van der Waals surface area contributed by atoms with Crippen LogP contribution in [-0.2, 0) is 4.79 Å². The number of Topliss-reactive ketones (excluding diaryl/α,β-unsaturated/α-hetero) is 1. The summed E-state index contributed by atoms with van der Waals surface area (Å²) in [6.07, 6.45) is 1.44. The minimum Gasteiger partial charge on any atom is -0.511 e. The molecule has 1 aromatic rings. The van der Waals surface area contributed by atoms with Crippen LogP contribution in [-0.4, -0.2) is 49.2 Å². The van der Waals surface area contributed by atoms with Crippen molar-refractivity contribution in [1.82, 2.24) is 4.90 Å². The molecule has 4 nitrogen and oxygen atoms in total. The molecule has 130 valence electrons. The van der Waals surface area contributed by atoms with Crippen LogP contribution in [0.4, 0.5) is 8.78 Å². The predicted molar refractivity (Wildman–Crippen MR) is 92.6 cm³/mol. The zero-order chi connectivity index (χ0) is 17.9. The second-order valence-corrected chi connectivity index (χ2v) is 6.84. The summed E-state index contributed by atoms with van der Waals surface area (Å²) in [6.45, 7) is 1.23. The van der Waals surface area contributed by atoms with Gasteiger partial charge in [-0.1, -0.05) is 15.9 Å². The zero-order valence-corrected chi connectivity index (χ0v) is 15.1.